The second-order valence-electron chi connectivity index (χ2n) is 6.63. The minimum atomic E-state index is -0.443. The predicted octanol–water partition coefficient (Wildman–Crippen LogP) is 3.47. The zero-order valence-electron chi connectivity index (χ0n) is 15.7. The molecule has 7 nitrogen and oxygen atoms in total. The molecule has 1 N–H and O–H groups in total. The molecule has 0 radical (unpaired) electrons. The quantitative estimate of drug-likeness (QED) is 0.565. The molecule has 2 aromatic rings. The van der Waals surface area contributed by atoms with E-state index in [1.54, 1.807) is 13.0 Å². The Morgan fingerprint density at radius 2 is 2.04 bits per heavy atom. The van der Waals surface area contributed by atoms with Crippen LogP contribution >= 0.6 is 11.8 Å². The zero-order valence-corrected chi connectivity index (χ0v) is 16.5. The third-order valence-corrected chi connectivity index (χ3v) is 5.40. The van der Waals surface area contributed by atoms with Crippen molar-refractivity contribution in [2.45, 2.75) is 13.5 Å². The fourth-order valence-electron chi connectivity index (χ4n) is 3.03. The molecule has 28 heavy (non-hydrogen) atoms. The summed E-state index contributed by atoms with van der Waals surface area (Å²) in [5, 5.41) is 13.7. The Morgan fingerprint density at radius 3 is 2.75 bits per heavy atom. The molecule has 1 saturated heterocycles. The van der Waals surface area contributed by atoms with E-state index in [1.807, 2.05) is 30.0 Å². The van der Waals surface area contributed by atoms with Gasteiger partial charge in [0.15, 0.2) is 6.61 Å². The topological polar surface area (TPSA) is 84.7 Å². The summed E-state index contributed by atoms with van der Waals surface area (Å²) in [6, 6.07) is 12.3. The minimum absolute atomic E-state index is 0.0286. The first kappa shape index (κ1) is 20.2. The van der Waals surface area contributed by atoms with Crippen molar-refractivity contribution in [1.29, 1.82) is 0 Å². The number of aryl methyl sites for hydroxylation is 1. The average Bonchev–Trinajstić information content (AvgIpc) is 2.67. The Balaban J connectivity index is 1.52. The molecule has 1 heterocycles. The summed E-state index contributed by atoms with van der Waals surface area (Å²) in [4.78, 5) is 25.0. The normalized spacial score (nSPS) is 14.5. The first-order valence-corrected chi connectivity index (χ1v) is 10.2. The number of ether oxygens (including phenoxy) is 1. The molecule has 0 bridgehead atoms. The van der Waals surface area contributed by atoms with Crippen molar-refractivity contribution < 1.29 is 14.5 Å². The second kappa shape index (κ2) is 9.57. The Bertz CT molecular complexity index is 853. The van der Waals surface area contributed by atoms with Crippen LogP contribution < -0.4 is 10.1 Å². The van der Waals surface area contributed by atoms with E-state index in [1.165, 1.54) is 12.1 Å². The van der Waals surface area contributed by atoms with Gasteiger partial charge in [-0.25, -0.2) is 0 Å². The van der Waals surface area contributed by atoms with Crippen LogP contribution in [-0.2, 0) is 11.3 Å². The van der Waals surface area contributed by atoms with Gasteiger partial charge in [-0.2, -0.15) is 11.8 Å². The van der Waals surface area contributed by atoms with Crippen LogP contribution in [0.15, 0.2) is 42.5 Å². The van der Waals surface area contributed by atoms with Crippen molar-refractivity contribution in [2.75, 3.05) is 36.5 Å². The number of rotatable bonds is 7. The van der Waals surface area contributed by atoms with Crippen LogP contribution in [0.4, 0.5) is 11.4 Å². The summed E-state index contributed by atoms with van der Waals surface area (Å²) < 4.78 is 5.46. The van der Waals surface area contributed by atoms with E-state index in [4.69, 9.17) is 4.74 Å². The summed E-state index contributed by atoms with van der Waals surface area (Å²) in [6.45, 7) is 4.53. The maximum absolute atomic E-state index is 12.2. The van der Waals surface area contributed by atoms with Crippen molar-refractivity contribution in [3.8, 4) is 5.75 Å². The Kier molecular flexibility index (Phi) is 6.89. The number of hydrogen-bond donors (Lipinski definition) is 1. The number of nitrogens with zero attached hydrogens (tertiary/aromatic N) is 2. The first-order valence-electron chi connectivity index (χ1n) is 9.08. The summed E-state index contributed by atoms with van der Waals surface area (Å²) in [7, 11) is 0. The maximum Gasteiger partial charge on any atom is 0.272 e. The number of nitro groups is 1. The fourth-order valence-corrected chi connectivity index (χ4v) is 4.01. The number of carbonyl (C=O) groups excluding carboxylic acids is 1. The molecule has 0 spiro atoms. The average molecular weight is 401 g/mol. The van der Waals surface area contributed by atoms with E-state index >= 15 is 0 Å². The first-order chi connectivity index (χ1) is 13.5. The lowest BCUT2D eigenvalue weighted by Gasteiger charge is -2.26. The summed E-state index contributed by atoms with van der Waals surface area (Å²) >= 11 is 1.98. The Morgan fingerprint density at radius 1 is 1.25 bits per heavy atom. The van der Waals surface area contributed by atoms with Gasteiger partial charge in [0.25, 0.3) is 11.6 Å². The van der Waals surface area contributed by atoms with Gasteiger partial charge in [-0.05, 0) is 36.8 Å². The van der Waals surface area contributed by atoms with Gasteiger partial charge in [-0.15, -0.1) is 0 Å². The largest absolute Gasteiger partial charge is 0.484 e. The predicted molar refractivity (Wildman–Crippen MR) is 111 cm³/mol. The lowest BCUT2D eigenvalue weighted by molar-refractivity contribution is -0.385. The molecule has 0 atom stereocenters. The molecule has 0 unspecified atom stereocenters. The molecular formula is C20H23N3O4S. The lowest BCUT2D eigenvalue weighted by atomic mass is 10.2. The fraction of sp³-hybridized carbons (Fsp3) is 0.350. The van der Waals surface area contributed by atoms with Crippen molar-refractivity contribution in [2.24, 2.45) is 0 Å². The number of nitro benzene ring substituents is 1. The number of benzene rings is 2. The van der Waals surface area contributed by atoms with E-state index in [2.05, 4.69) is 16.3 Å². The monoisotopic (exact) mass is 401 g/mol. The van der Waals surface area contributed by atoms with Crippen LogP contribution in [0.2, 0.25) is 0 Å². The van der Waals surface area contributed by atoms with Gasteiger partial charge in [0.05, 0.1) is 4.92 Å². The van der Waals surface area contributed by atoms with Crippen LogP contribution in [-0.4, -0.2) is 46.9 Å². The third-order valence-electron chi connectivity index (χ3n) is 4.46. The number of anilines is 1. The molecule has 148 valence electrons. The number of nitrogens with one attached hydrogen (secondary N) is 1. The van der Waals surface area contributed by atoms with Crippen molar-refractivity contribution in [3.05, 3.63) is 63.7 Å². The molecule has 8 heteroatoms. The van der Waals surface area contributed by atoms with Gasteiger partial charge >= 0.3 is 0 Å². The van der Waals surface area contributed by atoms with Crippen LogP contribution in [0.1, 0.15) is 11.1 Å². The summed E-state index contributed by atoms with van der Waals surface area (Å²) in [6.07, 6.45) is 0. The smallest absolute Gasteiger partial charge is 0.272 e. The van der Waals surface area contributed by atoms with Crippen LogP contribution in [0.25, 0.3) is 0 Å². The van der Waals surface area contributed by atoms with Gasteiger partial charge in [0, 0.05) is 48.5 Å². The molecule has 1 aliphatic rings. The van der Waals surface area contributed by atoms with Gasteiger partial charge in [0.2, 0.25) is 0 Å². The summed E-state index contributed by atoms with van der Waals surface area (Å²) in [5.41, 5.74) is 2.42. The molecular weight excluding hydrogens is 378 g/mol. The van der Waals surface area contributed by atoms with Crippen LogP contribution in [0.5, 0.6) is 5.75 Å². The van der Waals surface area contributed by atoms with E-state index in [-0.39, 0.29) is 18.2 Å². The van der Waals surface area contributed by atoms with E-state index < -0.39 is 4.92 Å². The highest BCUT2D eigenvalue weighted by atomic mass is 32.2. The standard InChI is InChI=1S/C20H23N3O4S/c1-15-11-18(5-6-19(15)23(25)26)27-14-20(24)21-17-4-2-3-16(12-17)13-22-7-9-28-10-8-22/h2-6,11-12H,7-10,13-14H2,1H3,(H,21,24). The van der Waals surface area contributed by atoms with Crippen LogP contribution in [0.3, 0.4) is 0 Å². The molecule has 3 rings (SSSR count). The van der Waals surface area contributed by atoms with E-state index in [9.17, 15) is 14.9 Å². The summed E-state index contributed by atoms with van der Waals surface area (Å²) in [5.74, 6) is 2.48. The Labute approximate surface area is 168 Å². The van der Waals surface area contributed by atoms with Crippen molar-refractivity contribution in [3.63, 3.8) is 0 Å². The molecule has 2 aromatic carbocycles. The molecule has 1 fully saturated rings. The lowest BCUT2D eigenvalue weighted by Crippen LogP contribution is -2.32. The highest BCUT2D eigenvalue weighted by molar-refractivity contribution is 7.99. The highest BCUT2D eigenvalue weighted by Crippen LogP contribution is 2.23. The van der Waals surface area contributed by atoms with Gasteiger partial charge in [-0.1, -0.05) is 12.1 Å². The maximum atomic E-state index is 12.2. The van der Waals surface area contributed by atoms with Gasteiger partial charge in [0.1, 0.15) is 5.75 Å². The number of carbonyl (C=O) groups is 1. The van der Waals surface area contributed by atoms with Gasteiger partial charge < -0.3 is 10.1 Å². The van der Waals surface area contributed by atoms with Crippen molar-refractivity contribution in [1.82, 2.24) is 4.90 Å². The SMILES string of the molecule is Cc1cc(OCC(=O)Nc2cccc(CN3CCSCC3)c2)ccc1[N+](=O)[O-]. The molecule has 1 amide bonds. The van der Waals surface area contributed by atoms with Crippen molar-refractivity contribution >= 4 is 29.0 Å². The molecule has 0 aliphatic carbocycles. The van der Waals surface area contributed by atoms with Crippen LogP contribution in [0, 0.1) is 17.0 Å². The molecule has 1 aliphatic heterocycles. The molecule has 0 saturated carbocycles. The highest BCUT2D eigenvalue weighted by Gasteiger charge is 2.13. The number of amides is 1. The third kappa shape index (κ3) is 5.71. The number of thioether (sulfide) groups is 1. The second-order valence-corrected chi connectivity index (χ2v) is 7.86. The molecule has 0 aromatic heterocycles. The Hall–Kier alpha value is -2.58. The number of hydrogen-bond acceptors (Lipinski definition) is 6. The van der Waals surface area contributed by atoms with E-state index in [0.717, 1.165) is 42.4 Å². The van der Waals surface area contributed by atoms with Gasteiger partial charge in [-0.3, -0.25) is 19.8 Å². The van der Waals surface area contributed by atoms with E-state index in [0.29, 0.717) is 11.3 Å². The minimum Gasteiger partial charge on any atom is -0.484 e. The zero-order chi connectivity index (χ0) is 19.9.